The number of nitrogens with zero attached hydrogens (tertiary/aromatic N) is 2. The van der Waals surface area contributed by atoms with Crippen LogP contribution in [0.25, 0.3) is 11.0 Å². The van der Waals surface area contributed by atoms with E-state index in [1.807, 2.05) is 6.07 Å². The van der Waals surface area contributed by atoms with Crippen LogP contribution in [-0.2, 0) is 7.05 Å². The molecule has 1 aliphatic carbocycles. The van der Waals surface area contributed by atoms with Gasteiger partial charge in [0.15, 0.2) is 0 Å². The number of hydrogen-bond donors (Lipinski definition) is 1. The van der Waals surface area contributed by atoms with E-state index in [1.54, 1.807) is 0 Å². The molecule has 1 N–H and O–H groups in total. The summed E-state index contributed by atoms with van der Waals surface area (Å²) < 4.78 is 2.16. The first kappa shape index (κ1) is 12.5. The molecule has 3 nitrogen and oxygen atoms in total. The van der Waals surface area contributed by atoms with E-state index in [1.165, 1.54) is 31.2 Å². The largest absolute Gasteiger partial charge is 0.353 e. The molecule has 0 amide bonds. The maximum atomic E-state index is 4.71. The lowest BCUT2D eigenvalue weighted by molar-refractivity contribution is 0.229. The number of para-hydroxylation sites is 2. The van der Waals surface area contributed by atoms with Gasteiger partial charge in [0.2, 0.25) is 5.95 Å². The molecule has 2 aromatic rings. The zero-order chi connectivity index (χ0) is 13.5. The van der Waals surface area contributed by atoms with Crippen LogP contribution in [0.2, 0.25) is 0 Å². The van der Waals surface area contributed by atoms with Crippen LogP contribution in [0.15, 0.2) is 24.3 Å². The first-order chi connectivity index (χ1) is 9.05. The number of anilines is 1. The van der Waals surface area contributed by atoms with Gasteiger partial charge in [-0.1, -0.05) is 32.4 Å². The Kier molecular flexibility index (Phi) is 3.00. The number of fused-ring (bicyclic) bond motifs is 1. The summed E-state index contributed by atoms with van der Waals surface area (Å²) in [6, 6.07) is 8.86. The van der Waals surface area contributed by atoms with Crippen molar-refractivity contribution in [2.24, 2.45) is 12.5 Å². The van der Waals surface area contributed by atoms with Crippen molar-refractivity contribution < 1.29 is 0 Å². The second-order valence-corrected chi connectivity index (χ2v) is 6.58. The van der Waals surface area contributed by atoms with Gasteiger partial charge in [-0.3, -0.25) is 0 Å². The Bertz CT molecular complexity index is 583. The molecule has 0 saturated heterocycles. The molecule has 19 heavy (non-hydrogen) atoms. The van der Waals surface area contributed by atoms with E-state index in [4.69, 9.17) is 4.98 Å². The summed E-state index contributed by atoms with van der Waals surface area (Å²) in [5, 5.41) is 3.65. The summed E-state index contributed by atoms with van der Waals surface area (Å²) >= 11 is 0. The average Bonchev–Trinajstić information content (AvgIpc) is 2.66. The van der Waals surface area contributed by atoms with Gasteiger partial charge in [-0.2, -0.15) is 0 Å². The highest BCUT2D eigenvalue weighted by molar-refractivity contribution is 5.78. The van der Waals surface area contributed by atoms with E-state index in [2.05, 4.69) is 49.0 Å². The van der Waals surface area contributed by atoms with Crippen molar-refractivity contribution in [2.75, 3.05) is 5.32 Å². The predicted molar refractivity (Wildman–Crippen MR) is 80.4 cm³/mol. The molecule has 3 rings (SSSR count). The zero-order valence-corrected chi connectivity index (χ0v) is 12.1. The molecule has 1 aromatic heterocycles. The van der Waals surface area contributed by atoms with Crippen LogP contribution in [-0.4, -0.2) is 15.6 Å². The zero-order valence-electron chi connectivity index (χ0n) is 12.1. The van der Waals surface area contributed by atoms with Gasteiger partial charge in [0.05, 0.1) is 11.0 Å². The van der Waals surface area contributed by atoms with Gasteiger partial charge in [-0.25, -0.2) is 4.98 Å². The molecule has 1 aliphatic rings. The molecule has 1 heterocycles. The normalized spacial score (nSPS) is 22.6. The number of hydrogen-bond acceptors (Lipinski definition) is 2. The highest BCUT2D eigenvalue weighted by Crippen LogP contribution is 2.36. The molecule has 1 saturated carbocycles. The summed E-state index contributed by atoms with van der Waals surface area (Å²) in [4.78, 5) is 4.71. The van der Waals surface area contributed by atoms with Gasteiger partial charge < -0.3 is 9.88 Å². The molecule has 3 heteroatoms. The molecular weight excluding hydrogens is 234 g/mol. The Morgan fingerprint density at radius 3 is 2.84 bits per heavy atom. The van der Waals surface area contributed by atoms with Crippen LogP contribution in [0.3, 0.4) is 0 Å². The highest BCUT2D eigenvalue weighted by atomic mass is 15.2. The first-order valence-electron chi connectivity index (χ1n) is 7.23. The second-order valence-electron chi connectivity index (χ2n) is 6.58. The monoisotopic (exact) mass is 257 g/mol. The summed E-state index contributed by atoms with van der Waals surface area (Å²) in [5.74, 6) is 1.00. The van der Waals surface area contributed by atoms with Crippen LogP contribution >= 0.6 is 0 Å². The lowest BCUT2D eigenvalue weighted by atomic mass is 9.75. The summed E-state index contributed by atoms with van der Waals surface area (Å²) in [7, 11) is 2.09. The lowest BCUT2D eigenvalue weighted by Crippen LogP contribution is -2.32. The predicted octanol–water partition coefficient (Wildman–Crippen LogP) is 3.95. The van der Waals surface area contributed by atoms with E-state index >= 15 is 0 Å². The van der Waals surface area contributed by atoms with E-state index in [9.17, 15) is 0 Å². The summed E-state index contributed by atoms with van der Waals surface area (Å²) in [5.41, 5.74) is 2.73. The van der Waals surface area contributed by atoms with Crippen molar-refractivity contribution in [3.63, 3.8) is 0 Å². The number of aryl methyl sites for hydroxylation is 1. The molecule has 0 aliphatic heterocycles. The molecule has 0 radical (unpaired) electrons. The van der Waals surface area contributed by atoms with Crippen LogP contribution in [0, 0.1) is 5.41 Å². The van der Waals surface area contributed by atoms with Crippen molar-refractivity contribution in [1.29, 1.82) is 0 Å². The number of imidazole rings is 1. The minimum atomic E-state index is 0.459. The number of nitrogens with one attached hydrogen (secondary N) is 1. The van der Waals surface area contributed by atoms with Gasteiger partial charge in [0, 0.05) is 13.1 Å². The third-order valence-electron chi connectivity index (χ3n) is 4.33. The van der Waals surface area contributed by atoms with Gasteiger partial charge in [0.25, 0.3) is 0 Å². The van der Waals surface area contributed by atoms with Crippen LogP contribution in [0.4, 0.5) is 5.95 Å². The highest BCUT2D eigenvalue weighted by Gasteiger charge is 2.28. The standard InChI is InChI=1S/C16H23N3/c1-16(2)10-6-7-12(11-16)17-15-18-13-8-4-5-9-14(13)19(15)3/h4-5,8-9,12H,6-7,10-11H2,1-3H3,(H,17,18). The Morgan fingerprint density at radius 1 is 1.32 bits per heavy atom. The van der Waals surface area contributed by atoms with Gasteiger partial charge in [-0.05, 0) is 36.8 Å². The number of rotatable bonds is 2. The van der Waals surface area contributed by atoms with E-state index in [0.29, 0.717) is 11.5 Å². The Labute approximate surface area is 115 Å². The maximum Gasteiger partial charge on any atom is 0.203 e. The fraction of sp³-hybridized carbons (Fsp3) is 0.562. The molecule has 102 valence electrons. The molecule has 0 bridgehead atoms. The van der Waals surface area contributed by atoms with Crippen molar-refractivity contribution >= 4 is 17.0 Å². The Balaban J connectivity index is 1.83. The quantitative estimate of drug-likeness (QED) is 0.882. The Morgan fingerprint density at radius 2 is 2.11 bits per heavy atom. The first-order valence-corrected chi connectivity index (χ1v) is 7.23. The van der Waals surface area contributed by atoms with Crippen LogP contribution < -0.4 is 5.32 Å². The number of benzene rings is 1. The van der Waals surface area contributed by atoms with Crippen molar-refractivity contribution in [2.45, 2.75) is 45.6 Å². The smallest absolute Gasteiger partial charge is 0.203 e. The van der Waals surface area contributed by atoms with Crippen molar-refractivity contribution in [3.8, 4) is 0 Å². The van der Waals surface area contributed by atoms with Gasteiger partial charge >= 0.3 is 0 Å². The third-order valence-corrected chi connectivity index (χ3v) is 4.33. The fourth-order valence-corrected chi connectivity index (χ4v) is 3.28. The SMILES string of the molecule is Cn1c(NC2CCCC(C)(C)C2)nc2ccccc21. The van der Waals surface area contributed by atoms with Crippen LogP contribution in [0.5, 0.6) is 0 Å². The molecule has 1 unspecified atom stereocenters. The van der Waals surface area contributed by atoms with E-state index in [0.717, 1.165) is 11.5 Å². The average molecular weight is 257 g/mol. The van der Waals surface area contributed by atoms with E-state index < -0.39 is 0 Å². The summed E-state index contributed by atoms with van der Waals surface area (Å²) in [6.07, 6.45) is 5.14. The van der Waals surface area contributed by atoms with Crippen LogP contribution in [0.1, 0.15) is 39.5 Å². The Hall–Kier alpha value is -1.51. The molecule has 1 fully saturated rings. The summed E-state index contributed by atoms with van der Waals surface area (Å²) in [6.45, 7) is 4.74. The van der Waals surface area contributed by atoms with Gasteiger partial charge in [-0.15, -0.1) is 0 Å². The van der Waals surface area contributed by atoms with E-state index in [-0.39, 0.29) is 0 Å². The molecular formula is C16H23N3. The molecule has 1 aromatic carbocycles. The third kappa shape index (κ3) is 2.46. The van der Waals surface area contributed by atoms with Gasteiger partial charge in [0.1, 0.15) is 0 Å². The molecule has 0 spiro atoms. The fourth-order valence-electron chi connectivity index (χ4n) is 3.28. The minimum absolute atomic E-state index is 0.459. The topological polar surface area (TPSA) is 29.9 Å². The molecule has 1 atom stereocenters. The minimum Gasteiger partial charge on any atom is -0.353 e. The second kappa shape index (κ2) is 4.55. The number of aromatic nitrogens is 2. The lowest BCUT2D eigenvalue weighted by Gasteiger charge is -2.35. The van der Waals surface area contributed by atoms with Crippen molar-refractivity contribution in [1.82, 2.24) is 9.55 Å². The maximum absolute atomic E-state index is 4.71. The van der Waals surface area contributed by atoms with Crippen molar-refractivity contribution in [3.05, 3.63) is 24.3 Å².